The Morgan fingerprint density at radius 2 is 2.13 bits per heavy atom. The molecule has 23 heavy (non-hydrogen) atoms. The first-order valence-corrected chi connectivity index (χ1v) is 8.03. The number of hydrogen-bond acceptors (Lipinski definition) is 5. The maximum absolute atomic E-state index is 12.8. The highest BCUT2D eigenvalue weighted by Crippen LogP contribution is 2.50. The van der Waals surface area contributed by atoms with E-state index in [-0.39, 0.29) is 41.6 Å². The molecule has 0 aliphatic carbocycles. The minimum absolute atomic E-state index is 0.0217. The number of benzene rings is 1. The van der Waals surface area contributed by atoms with Crippen molar-refractivity contribution >= 4 is 23.3 Å². The molecule has 1 aromatic rings. The molecule has 3 fully saturated rings. The van der Waals surface area contributed by atoms with Gasteiger partial charge in [0.15, 0.2) is 11.6 Å². The zero-order valence-corrected chi connectivity index (χ0v) is 12.7. The van der Waals surface area contributed by atoms with Gasteiger partial charge in [0, 0.05) is 11.6 Å². The largest absolute Gasteiger partial charge is 0.353 e. The fourth-order valence-corrected chi connectivity index (χ4v) is 4.74. The van der Waals surface area contributed by atoms with E-state index in [1.807, 2.05) is 24.3 Å². The average molecular weight is 311 g/mol. The minimum Gasteiger partial charge on any atom is -0.353 e. The van der Waals surface area contributed by atoms with Crippen LogP contribution in [0.5, 0.6) is 0 Å². The summed E-state index contributed by atoms with van der Waals surface area (Å²) in [5, 5.41) is 0. The third kappa shape index (κ3) is 1.64. The van der Waals surface area contributed by atoms with E-state index in [1.165, 1.54) is 0 Å². The summed E-state index contributed by atoms with van der Waals surface area (Å²) in [4.78, 5) is 27.4. The summed E-state index contributed by atoms with van der Waals surface area (Å²) in [7, 11) is 0. The van der Waals surface area contributed by atoms with Gasteiger partial charge in [0.25, 0.3) is 0 Å². The topological polar surface area (TPSA) is 55.8 Å². The van der Waals surface area contributed by atoms with E-state index in [9.17, 15) is 9.59 Å². The van der Waals surface area contributed by atoms with Gasteiger partial charge < -0.3 is 14.4 Å². The smallest absolute Gasteiger partial charge is 0.218 e. The molecule has 4 heterocycles. The summed E-state index contributed by atoms with van der Waals surface area (Å²) in [6.07, 6.45) is 3.19. The van der Waals surface area contributed by atoms with Gasteiger partial charge in [-0.3, -0.25) is 9.59 Å². The average Bonchev–Trinajstić information content (AvgIpc) is 3.13. The van der Waals surface area contributed by atoms with Crippen LogP contribution in [0.1, 0.15) is 12.5 Å². The van der Waals surface area contributed by atoms with E-state index in [0.717, 1.165) is 11.3 Å². The molecule has 4 aliphatic rings. The molecule has 5 rings (SSSR count). The quantitative estimate of drug-likeness (QED) is 0.785. The number of carbonyl (C=O) groups excluding carboxylic acids is 2. The van der Waals surface area contributed by atoms with Crippen molar-refractivity contribution < 1.29 is 19.1 Å². The van der Waals surface area contributed by atoms with Gasteiger partial charge >= 0.3 is 0 Å². The lowest BCUT2D eigenvalue weighted by atomic mass is 9.78. The number of carbonyl (C=O) groups is 2. The Labute approximate surface area is 133 Å². The molecule has 5 heteroatoms. The van der Waals surface area contributed by atoms with Crippen molar-refractivity contribution in [3.05, 3.63) is 35.9 Å². The van der Waals surface area contributed by atoms with Gasteiger partial charge in [-0.2, -0.15) is 0 Å². The van der Waals surface area contributed by atoms with Gasteiger partial charge in [0.1, 0.15) is 0 Å². The molecule has 0 N–H and O–H groups in total. The van der Waals surface area contributed by atoms with Crippen LogP contribution >= 0.6 is 0 Å². The molecule has 0 radical (unpaired) electrons. The summed E-state index contributed by atoms with van der Waals surface area (Å²) in [5.74, 6) is -0.319. The third-order valence-electron chi connectivity index (χ3n) is 5.57. The van der Waals surface area contributed by atoms with Crippen molar-refractivity contribution in [3.8, 4) is 0 Å². The molecule has 3 saturated heterocycles. The molecule has 6 atom stereocenters. The molecule has 2 bridgehead atoms. The molecular formula is C18H17NO4. The molecule has 0 saturated carbocycles. The predicted octanol–water partition coefficient (Wildman–Crippen LogP) is 1.42. The molecule has 5 nitrogen and oxygen atoms in total. The summed E-state index contributed by atoms with van der Waals surface area (Å²) in [6, 6.07) is 7.59. The van der Waals surface area contributed by atoms with Crippen LogP contribution in [0.3, 0.4) is 0 Å². The van der Waals surface area contributed by atoms with Crippen LogP contribution in [0.2, 0.25) is 0 Å². The van der Waals surface area contributed by atoms with E-state index in [0.29, 0.717) is 6.61 Å². The van der Waals surface area contributed by atoms with Crippen LogP contribution in [0, 0.1) is 11.8 Å². The standard InChI is InChI=1S/C18H17NO4/c1-9(20)16-15-13-8-22-18(23-13)17(21)14(15)12-7-6-10-4-2-3-5-11(10)19(12)16/h2-7,12-16,18H,8H2,1H3/t12-,13-,14-,15-,16-,18+/m1/s1. The molecule has 0 spiro atoms. The van der Waals surface area contributed by atoms with Crippen molar-refractivity contribution in [2.45, 2.75) is 31.4 Å². The highest BCUT2D eigenvalue weighted by atomic mass is 16.7. The lowest BCUT2D eigenvalue weighted by Gasteiger charge is -2.35. The summed E-state index contributed by atoms with van der Waals surface area (Å²) in [5.41, 5.74) is 2.11. The number of ether oxygens (including phenoxy) is 2. The van der Waals surface area contributed by atoms with Crippen LogP contribution in [0.4, 0.5) is 5.69 Å². The van der Waals surface area contributed by atoms with Crippen molar-refractivity contribution in [1.29, 1.82) is 0 Å². The fraction of sp³-hybridized carbons (Fsp3) is 0.444. The Morgan fingerprint density at radius 3 is 2.96 bits per heavy atom. The Bertz CT molecular complexity index is 742. The highest BCUT2D eigenvalue weighted by molar-refractivity contribution is 5.95. The lowest BCUT2D eigenvalue weighted by molar-refractivity contribution is -0.164. The molecule has 1 aromatic carbocycles. The zero-order valence-electron chi connectivity index (χ0n) is 12.7. The first kappa shape index (κ1) is 13.5. The fourth-order valence-electron chi connectivity index (χ4n) is 4.74. The Morgan fingerprint density at radius 1 is 1.30 bits per heavy atom. The van der Waals surface area contributed by atoms with E-state index in [4.69, 9.17) is 9.47 Å². The second-order valence-electron chi connectivity index (χ2n) is 6.72. The maximum atomic E-state index is 12.8. The Balaban J connectivity index is 1.69. The molecule has 0 unspecified atom stereocenters. The maximum Gasteiger partial charge on any atom is 0.218 e. The number of rotatable bonds is 1. The predicted molar refractivity (Wildman–Crippen MR) is 82.8 cm³/mol. The van der Waals surface area contributed by atoms with E-state index in [2.05, 4.69) is 17.1 Å². The van der Waals surface area contributed by atoms with Gasteiger partial charge in [-0.25, -0.2) is 0 Å². The van der Waals surface area contributed by atoms with Crippen LogP contribution < -0.4 is 4.90 Å². The number of nitrogens with zero attached hydrogens (tertiary/aromatic N) is 1. The number of para-hydroxylation sites is 1. The van der Waals surface area contributed by atoms with Gasteiger partial charge in [0.05, 0.1) is 30.7 Å². The van der Waals surface area contributed by atoms with Crippen LogP contribution in [0.15, 0.2) is 30.3 Å². The van der Waals surface area contributed by atoms with E-state index >= 15 is 0 Å². The summed E-state index contributed by atoms with van der Waals surface area (Å²) >= 11 is 0. The molecule has 118 valence electrons. The normalized spacial score (nSPS) is 39.9. The number of hydrogen-bond donors (Lipinski definition) is 0. The van der Waals surface area contributed by atoms with Crippen LogP contribution in [-0.2, 0) is 19.1 Å². The van der Waals surface area contributed by atoms with Crippen molar-refractivity contribution in [2.24, 2.45) is 11.8 Å². The van der Waals surface area contributed by atoms with Gasteiger partial charge in [-0.15, -0.1) is 0 Å². The van der Waals surface area contributed by atoms with E-state index < -0.39 is 6.29 Å². The number of fused-ring (bicyclic) bond motifs is 8. The molecule has 0 amide bonds. The Hall–Kier alpha value is -1.98. The number of anilines is 1. The molecule has 0 aromatic heterocycles. The highest BCUT2D eigenvalue weighted by Gasteiger charge is 2.62. The zero-order chi connectivity index (χ0) is 15.7. The Kier molecular flexibility index (Phi) is 2.65. The first-order chi connectivity index (χ1) is 11.2. The molecule has 4 aliphatic heterocycles. The van der Waals surface area contributed by atoms with Gasteiger partial charge in [-0.1, -0.05) is 30.4 Å². The third-order valence-corrected chi connectivity index (χ3v) is 5.57. The van der Waals surface area contributed by atoms with E-state index in [1.54, 1.807) is 6.92 Å². The SMILES string of the molecule is CC(=O)[C@@H]1[C@H]2[C@H](C(=O)[C@H]3OC[C@H]2O3)[C@H]2C=Cc3ccccc3N21. The van der Waals surface area contributed by atoms with Crippen molar-refractivity contribution in [2.75, 3.05) is 11.5 Å². The summed E-state index contributed by atoms with van der Waals surface area (Å²) < 4.78 is 11.2. The summed E-state index contributed by atoms with van der Waals surface area (Å²) in [6.45, 7) is 2.00. The van der Waals surface area contributed by atoms with Gasteiger partial charge in [-0.05, 0) is 18.6 Å². The van der Waals surface area contributed by atoms with Crippen molar-refractivity contribution in [3.63, 3.8) is 0 Å². The molecular weight excluding hydrogens is 294 g/mol. The lowest BCUT2D eigenvalue weighted by Crippen LogP contribution is -2.48. The van der Waals surface area contributed by atoms with Crippen LogP contribution in [-0.4, -0.2) is 42.7 Å². The monoisotopic (exact) mass is 311 g/mol. The second kappa shape index (κ2) is 4.52. The van der Waals surface area contributed by atoms with Gasteiger partial charge in [0.2, 0.25) is 6.29 Å². The second-order valence-corrected chi connectivity index (χ2v) is 6.72. The first-order valence-electron chi connectivity index (χ1n) is 8.03. The number of ketones is 2. The van der Waals surface area contributed by atoms with Crippen LogP contribution in [0.25, 0.3) is 6.08 Å². The number of Topliss-reactive ketones (excluding diaryl/α,β-unsaturated/α-hetero) is 2. The van der Waals surface area contributed by atoms with Crippen molar-refractivity contribution in [1.82, 2.24) is 0 Å². The minimum atomic E-state index is -0.751.